The molecule has 148 valence electrons. The molecule has 0 saturated heterocycles. The highest BCUT2D eigenvalue weighted by molar-refractivity contribution is 5.83. The number of hydrogen-bond donors (Lipinski definition) is 0. The molecule has 0 atom stereocenters. The maximum atomic E-state index is 13.2. The van der Waals surface area contributed by atoms with E-state index in [1.54, 1.807) is 12.0 Å². The molecular formula is C26H23N3O. The summed E-state index contributed by atoms with van der Waals surface area (Å²) in [5, 5.41) is 5.54. The van der Waals surface area contributed by atoms with Crippen LogP contribution in [0.5, 0.6) is 0 Å². The van der Waals surface area contributed by atoms with Crippen LogP contribution in [0.15, 0.2) is 121 Å². The summed E-state index contributed by atoms with van der Waals surface area (Å²) in [4.78, 5) is 13.2. The Morgan fingerprint density at radius 1 is 0.467 bits per heavy atom. The van der Waals surface area contributed by atoms with E-state index in [-0.39, 0.29) is 5.91 Å². The minimum Gasteiger partial charge on any atom is -0.271 e. The third kappa shape index (κ3) is 4.03. The maximum absolute atomic E-state index is 13.2. The largest absolute Gasteiger partial charge is 0.271 e. The fourth-order valence-electron chi connectivity index (χ4n) is 3.38. The number of rotatable bonds is 6. The number of carbonyl (C=O) groups is 1. The smallest absolute Gasteiger partial charge is 0.258 e. The van der Waals surface area contributed by atoms with Crippen LogP contribution in [0.2, 0.25) is 0 Å². The summed E-state index contributed by atoms with van der Waals surface area (Å²) in [6, 6.07) is 39.6. The standard InChI is InChI=1S/C26H23N3O/c1-22(30)29(27(23-14-6-2-7-15-23)24-16-8-3-9-17-24)28(25-18-10-4-11-19-25)26-20-12-5-13-21-26/h2-21H,1H3. The second-order valence-electron chi connectivity index (χ2n) is 6.77. The first kappa shape index (κ1) is 19.3. The van der Waals surface area contributed by atoms with Gasteiger partial charge in [0.05, 0.1) is 22.7 Å². The van der Waals surface area contributed by atoms with Crippen molar-refractivity contribution in [3.8, 4) is 0 Å². The SMILES string of the molecule is CC(=O)N(N(c1ccccc1)c1ccccc1)N(c1ccccc1)c1ccccc1. The van der Waals surface area contributed by atoms with Gasteiger partial charge in [-0.25, -0.2) is 10.0 Å². The minimum absolute atomic E-state index is 0.115. The van der Waals surface area contributed by atoms with E-state index in [0.29, 0.717) is 0 Å². The summed E-state index contributed by atoms with van der Waals surface area (Å²) in [5.41, 5.74) is 3.54. The Labute approximate surface area is 177 Å². The van der Waals surface area contributed by atoms with Crippen molar-refractivity contribution < 1.29 is 4.79 Å². The van der Waals surface area contributed by atoms with Gasteiger partial charge in [-0.15, -0.1) is 5.12 Å². The van der Waals surface area contributed by atoms with E-state index in [2.05, 4.69) is 0 Å². The predicted octanol–water partition coefficient (Wildman–Crippen LogP) is 6.34. The highest BCUT2D eigenvalue weighted by atomic mass is 16.2. The lowest BCUT2D eigenvalue weighted by atomic mass is 10.2. The zero-order chi connectivity index (χ0) is 20.8. The van der Waals surface area contributed by atoms with E-state index in [9.17, 15) is 4.79 Å². The van der Waals surface area contributed by atoms with Crippen LogP contribution in [-0.4, -0.2) is 11.0 Å². The number of nitrogens with zero attached hydrogens (tertiary/aromatic N) is 3. The van der Waals surface area contributed by atoms with E-state index in [4.69, 9.17) is 0 Å². The van der Waals surface area contributed by atoms with Crippen molar-refractivity contribution in [1.82, 2.24) is 5.12 Å². The monoisotopic (exact) mass is 393 g/mol. The molecule has 0 aliphatic heterocycles. The molecule has 1 amide bonds. The van der Waals surface area contributed by atoms with Gasteiger partial charge >= 0.3 is 0 Å². The molecule has 0 bridgehead atoms. The van der Waals surface area contributed by atoms with Gasteiger partial charge in [-0.2, -0.15) is 0 Å². The summed E-state index contributed by atoms with van der Waals surface area (Å²) in [6.07, 6.45) is 0. The van der Waals surface area contributed by atoms with Crippen LogP contribution in [0.25, 0.3) is 0 Å². The second-order valence-corrected chi connectivity index (χ2v) is 6.77. The van der Waals surface area contributed by atoms with Gasteiger partial charge in [0.25, 0.3) is 5.91 Å². The Morgan fingerprint density at radius 3 is 0.900 bits per heavy atom. The number of amides is 1. The molecule has 4 nitrogen and oxygen atoms in total. The van der Waals surface area contributed by atoms with Gasteiger partial charge in [-0.3, -0.25) is 4.79 Å². The number of benzene rings is 4. The molecule has 0 radical (unpaired) electrons. The van der Waals surface area contributed by atoms with Crippen molar-refractivity contribution >= 4 is 28.7 Å². The summed E-state index contributed by atoms with van der Waals surface area (Å²) in [6.45, 7) is 1.58. The molecule has 0 spiro atoms. The van der Waals surface area contributed by atoms with Gasteiger partial charge in [0, 0.05) is 6.92 Å². The van der Waals surface area contributed by atoms with Crippen LogP contribution >= 0.6 is 0 Å². The van der Waals surface area contributed by atoms with Crippen molar-refractivity contribution in [2.24, 2.45) is 0 Å². The number of hydrazine groups is 2. The van der Waals surface area contributed by atoms with Crippen LogP contribution in [-0.2, 0) is 4.79 Å². The van der Waals surface area contributed by atoms with Crippen LogP contribution in [0.1, 0.15) is 6.92 Å². The molecular weight excluding hydrogens is 370 g/mol. The van der Waals surface area contributed by atoms with Gasteiger partial charge in [-0.1, -0.05) is 72.8 Å². The van der Waals surface area contributed by atoms with E-state index < -0.39 is 0 Å². The van der Waals surface area contributed by atoms with E-state index >= 15 is 0 Å². The molecule has 4 heteroatoms. The van der Waals surface area contributed by atoms with Crippen molar-refractivity contribution in [2.75, 3.05) is 10.0 Å². The first-order valence-corrected chi connectivity index (χ1v) is 9.86. The zero-order valence-corrected chi connectivity index (χ0v) is 16.8. The molecule has 0 saturated carbocycles. The normalized spacial score (nSPS) is 10.3. The number of anilines is 4. The Morgan fingerprint density at radius 2 is 0.700 bits per heavy atom. The van der Waals surface area contributed by atoms with Crippen molar-refractivity contribution in [3.05, 3.63) is 121 Å². The van der Waals surface area contributed by atoms with Crippen LogP contribution in [0.3, 0.4) is 0 Å². The number of hydrogen-bond acceptors (Lipinski definition) is 3. The zero-order valence-electron chi connectivity index (χ0n) is 16.8. The van der Waals surface area contributed by atoms with Crippen molar-refractivity contribution in [2.45, 2.75) is 6.92 Å². The number of carbonyl (C=O) groups excluding carboxylic acids is 1. The van der Waals surface area contributed by atoms with Crippen LogP contribution in [0.4, 0.5) is 22.7 Å². The molecule has 4 aromatic carbocycles. The Bertz CT molecular complexity index is 908. The first-order chi connectivity index (χ1) is 14.8. The van der Waals surface area contributed by atoms with Crippen LogP contribution < -0.4 is 10.0 Å². The fraction of sp³-hybridized carbons (Fsp3) is 0.0385. The molecule has 0 N–H and O–H groups in total. The van der Waals surface area contributed by atoms with Crippen LogP contribution in [0, 0.1) is 0 Å². The lowest BCUT2D eigenvalue weighted by molar-refractivity contribution is -0.129. The molecule has 0 unspecified atom stereocenters. The first-order valence-electron chi connectivity index (χ1n) is 9.86. The highest BCUT2D eigenvalue weighted by Gasteiger charge is 2.29. The average molecular weight is 393 g/mol. The molecule has 0 fully saturated rings. The van der Waals surface area contributed by atoms with E-state index in [0.717, 1.165) is 22.7 Å². The van der Waals surface area contributed by atoms with E-state index in [1.165, 1.54) is 0 Å². The lowest BCUT2D eigenvalue weighted by Crippen LogP contribution is -2.52. The highest BCUT2D eigenvalue weighted by Crippen LogP contribution is 2.34. The van der Waals surface area contributed by atoms with Gasteiger partial charge in [-0.05, 0) is 48.5 Å². The second kappa shape index (κ2) is 8.97. The summed E-state index contributed by atoms with van der Waals surface area (Å²) < 4.78 is 0. The Hall–Kier alpha value is -4.05. The van der Waals surface area contributed by atoms with Gasteiger partial charge in [0.2, 0.25) is 0 Å². The predicted molar refractivity (Wildman–Crippen MR) is 123 cm³/mol. The van der Waals surface area contributed by atoms with Gasteiger partial charge in [0.1, 0.15) is 0 Å². The molecule has 4 rings (SSSR count). The lowest BCUT2D eigenvalue weighted by Gasteiger charge is -2.43. The molecule has 30 heavy (non-hydrogen) atoms. The Kier molecular flexibility index (Phi) is 5.76. The topological polar surface area (TPSA) is 26.8 Å². The van der Waals surface area contributed by atoms with Crippen molar-refractivity contribution in [1.29, 1.82) is 0 Å². The van der Waals surface area contributed by atoms with E-state index in [1.807, 2.05) is 131 Å². The summed E-state index contributed by atoms with van der Waals surface area (Å²) in [5.74, 6) is -0.115. The third-order valence-corrected chi connectivity index (χ3v) is 4.66. The molecule has 0 heterocycles. The quantitative estimate of drug-likeness (QED) is 0.358. The summed E-state index contributed by atoms with van der Waals surface area (Å²) in [7, 11) is 0. The van der Waals surface area contributed by atoms with Gasteiger partial charge in [0.15, 0.2) is 0 Å². The molecule has 0 aromatic heterocycles. The summed E-state index contributed by atoms with van der Waals surface area (Å²) >= 11 is 0. The maximum Gasteiger partial charge on any atom is 0.258 e. The minimum atomic E-state index is -0.115. The van der Waals surface area contributed by atoms with Gasteiger partial charge < -0.3 is 0 Å². The van der Waals surface area contributed by atoms with Crippen molar-refractivity contribution in [3.63, 3.8) is 0 Å². The number of para-hydroxylation sites is 4. The fourth-order valence-corrected chi connectivity index (χ4v) is 3.38. The third-order valence-electron chi connectivity index (χ3n) is 4.66. The average Bonchev–Trinajstić information content (AvgIpc) is 2.81. The molecule has 0 aliphatic rings. The molecule has 0 aliphatic carbocycles. The Balaban J connectivity index is 1.93. The molecule has 4 aromatic rings.